The minimum Gasteiger partial charge on any atom is -0.451 e. The summed E-state index contributed by atoms with van der Waals surface area (Å²) in [6.07, 6.45) is 2.03. The first-order valence-electron chi connectivity index (χ1n) is 9.63. The molecule has 0 radical (unpaired) electrons. The molecule has 4 amide bonds. The van der Waals surface area contributed by atoms with E-state index in [1.165, 1.54) is 31.2 Å². The standard InChI is InChI=1S/C20H24FN3O5/c1-12-5-3-4-10-20(12)18(27)24(19(28)23-20)11-16(25)29-13(2)17(26)22-15-8-6-14(21)7-9-15/h6-9,12-13H,3-5,10-11H2,1-2H3,(H,22,26)(H,23,28)/t12-,13-,20-/m0/s1. The van der Waals surface area contributed by atoms with Crippen LogP contribution in [0.3, 0.4) is 0 Å². The van der Waals surface area contributed by atoms with E-state index in [9.17, 15) is 23.6 Å². The monoisotopic (exact) mass is 405 g/mol. The quantitative estimate of drug-likeness (QED) is 0.577. The maximum atomic E-state index is 12.9. The van der Waals surface area contributed by atoms with Crippen LogP contribution in [-0.2, 0) is 19.1 Å². The molecule has 1 heterocycles. The maximum Gasteiger partial charge on any atom is 0.327 e. The molecule has 1 saturated carbocycles. The highest BCUT2D eigenvalue weighted by molar-refractivity contribution is 6.09. The number of anilines is 1. The first kappa shape index (κ1) is 20.8. The number of nitrogens with one attached hydrogen (secondary N) is 2. The second kappa shape index (κ2) is 8.18. The van der Waals surface area contributed by atoms with E-state index in [1.807, 2.05) is 6.92 Å². The van der Waals surface area contributed by atoms with Crippen LogP contribution in [0.25, 0.3) is 0 Å². The van der Waals surface area contributed by atoms with Crippen molar-refractivity contribution in [3.8, 4) is 0 Å². The van der Waals surface area contributed by atoms with E-state index in [0.29, 0.717) is 12.1 Å². The second-order valence-electron chi connectivity index (χ2n) is 7.57. The van der Waals surface area contributed by atoms with Gasteiger partial charge in [0.2, 0.25) is 0 Å². The number of halogens is 1. The van der Waals surface area contributed by atoms with Gasteiger partial charge in [-0.25, -0.2) is 9.18 Å². The molecule has 2 fully saturated rings. The third kappa shape index (κ3) is 4.23. The zero-order valence-electron chi connectivity index (χ0n) is 16.4. The van der Waals surface area contributed by atoms with E-state index in [2.05, 4.69) is 10.6 Å². The number of amides is 4. The summed E-state index contributed by atoms with van der Waals surface area (Å²) in [6, 6.07) is 4.50. The van der Waals surface area contributed by atoms with Crippen molar-refractivity contribution in [3.05, 3.63) is 30.1 Å². The summed E-state index contributed by atoms with van der Waals surface area (Å²) in [5, 5.41) is 5.25. The fourth-order valence-electron chi connectivity index (χ4n) is 3.83. The normalized spacial score (nSPS) is 24.9. The highest BCUT2D eigenvalue weighted by Gasteiger charge is 2.55. The van der Waals surface area contributed by atoms with Crippen molar-refractivity contribution in [3.63, 3.8) is 0 Å². The number of urea groups is 1. The molecule has 8 nitrogen and oxygen atoms in total. The van der Waals surface area contributed by atoms with Crippen LogP contribution in [-0.4, -0.2) is 46.9 Å². The van der Waals surface area contributed by atoms with Gasteiger partial charge in [-0.2, -0.15) is 0 Å². The van der Waals surface area contributed by atoms with Crippen molar-refractivity contribution >= 4 is 29.5 Å². The number of imide groups is 1. The van der Waals surface area contributed by atoms with Crippen molar-refractivity contribution < 1.29 is 28.3 Å². The molecule has 156 valence electrons. The fraction of sp³-hybridized carbons (Fsp3) is 0.500. The predicted octanol–water partition coefficient (Wildman–Crippen LogP) is 2.20. The van der Waals surface area contributed by atoms with Crippen LogP contribution in [0.1, 0.15) is 39.5 Å². The first-order chi connectivity index (χ1) is 13.7. The Balaban J connectivity index is 1.57. The highest BCUT2D eigenvalue weighted by atomic mass is 19.1. The third-order valence-electron chi connectivity index (χ3n) is 5.58. The minimum absolute atomic E-state index is 0.0193. The number of carbonyl (C=O) groups excluding carboxylic acids is 4. The summed E-state index contributed by atoms with van der Waals surface area (Å²) in [4.78, 5) is 50.4. The molecule has 9 heteroatoms. The molecule has 2 aliphatic rings. The van der Waals surface area contributed by atoms with Gasteiger partial charge in [-0.1, -0.05) is 19.8 Å². The number of hydrogen-bond acceptors (Lipinski definition) is 5. The van der Waals surface area contributed by atoms with E-state index in [4.69, 9.17) is 4.74 Å². The lowest BCUT2D eigenvalue weighted by Crippen LogP contribution is -2.54. The van der Waals surface area contributed by atoms with Crippen LogP contribution in [0.4, 0.5) is 14.9 Å². The van der Waals surface area contributed by atoms with E-state index in [1.54, 1.807) is 0 Å². The van der Waals surface area contributed by atoms with Crippen LogP contribution >= 0.6 is 0 Å². The molecule has 1 aromatic carbocycles. The highest BCUT2D eigenvalue weighted by Crippen LogP contribution is 2.38. The van der Waals surface area contributed by atoms with E-state index < -0.39 is 47.8 Å². The SMILES string of the molecule is C[C@H](OC(=O)CN1C(=O)N[C@]2(CCCC[C@@H]2C)C1=O)C(=O)Nc1ccc(F)cc1. The Bertz CT molecular complexity index is 828. The number of benzene rings is 1. The minimum atomic E-state index is -1.16. The molecule has 1 spiro atoms. The lowest BCUT2D eigenvalue weighted by Gasteiger charge is -2.36. The van der Waals surface area contributed by atoms with Crippen molar-refractivity contribution in [1.82, 2.24) is 10.2 Å². The average Bonchev–Trinajstić information content (AvgIpc) is 2.91. The van der Waals surface area contributed by atoms with Gasteiger partial charge in [0.15, 0.2) is 6.10 Å². The molecule has 1 aromatic rings. The van der Waals surface area contributed by atoms with Crippen LogP contribution in [0.5, 0.6) is 0 Å². The maximum absolute atomic E-state index is 12.9. The Morgan fingerprint density at radius 1 is 1.31 bits per heavy atom. The summed E-state index contributed by atoms with van der Waals surface area (Å²) in [5.41, 5.74) is -0.608. The number of esters is 1. The Morgan fingerprint density at radius 2 is 2.00 bits per heavy atom. The predicted molar refractivity (Wildman–Crippen MR) is 101 cm³/mol. The van der Waals surface area contributed by atoms with Gasteiger partial charge in [-0.3, -0.25) is 19.3 Å². The largest absolute Gasteiger partial charge is 0.451 e. The number of carbonyl (C=O) groups is 4. The molecule has 0 unspecified atom stereocenters. The van der Waals surface area contributed by atoms with Crippen LogP contribution in [0.2, 0.25) is 0 Å². The zero-order chi connectivity index (χ0) is 21.2. The zero-order valence-corrected chi connectivity index (χ0v) is 16.4. The van der Waals surface area contributed by atoms with Crippen LogP contribution < -0.4 is 10.6 Å². The van der Waals surface area contributed by atoms with E-state index in [-0.39, 0.29) is 5.92 Å². The lowest BCUT2D eigenvalue weighted by molar-refractivity contribution is -0.155. The number of rotatable bonds is 5. The van der Waals surface area contributed by atoms with Crippen molar-refractivity contribution in [2.24, 2.45) is 5.92 Å². The average molecular weight is 405 g/mol. The Kier molecular flexibility index (Phi) is 5.86. The van der Waals surface area contributed by atoms with Gasteiger partial charge in [-0.05, 0) is 49.9 Å². The summed E-state index contributed by atoms with van der Waals surface area (Å²) in [6.45, 7) is 2.72. The topological polar surface area (TPSA) is 105 Å². The number of ether oxygens (including phenoxy) is 1. The molecular formula is C20H24FN3O5. The van der Waals surface area contributed by atoms with Gasteiger partial charge >= 0.3 is 12.0 Å². The Labute approximate surface area is 167 Å². The molecule has 1 saturated heterocycles. The van der Waals surface area contributed by atoms with Gasteiger partial charge < -0.3 is 15.4 Å². The van der Waals surface area contributed by atoms with Gasteiger partial charge in [-0.15, -0.1) is 0 Å². The van der Waals surface area contributed by atoms with Gasteiger partial charge in [0.1, 0.15) is 17.9 Å². The second-order valence-corrected chi connectivity index (χ2v) is 7.57. The molecule has 0 aromatic heterocycles. The van der Waals surface area contributed by atoms with E-state index in [0.717, 1.165) is 24.2 Å². The van der Waals surface area contributed by atoms with Crippen molar-refractivity contribution in [2.45, 2.75) is 51.2 Å². The van der Waals surface area contributed by atoms with Crippen LogP contribution in [0, 0.1) is 11.7 Å². The van der Waals surface area contributed by atoms with Gasteiger partial charge in [0, 0.05) is 5.69 Å². The molecule has 1 aliphatic carbocycles. The fourth-order valence-corrected chi connectivity index (χ4v) is 3.83. The first-order valence-corrected chi connectivity index (χ1v) is 9.63. The Hall–Kier alpha value is -2.97. The smallest absolute Gasteiger partial charge is 0.327 e. The Morgan fingerprint density at radius 3 is 2.66 bits per heavy atom. The molecule has 3 rings (SSSR count). The van der Waals surface area contributed by atoms with Crippen molar-refractivity contribution in [2.75, 3.05) is 11.9 Å². The van der Waals surface area contributed by atoms with Crippen molar-refractivity contribution in [1.29, 1.82) is 0 Å². The van der Waals surface area contributed by atoms with Crippen LogP contribution in [0.15, 0.2) is 24.3 Å². The summed E-state index contributed by atoms with van der Waals surface area (Å²) in [5.74, 6) is -2.36. The lowest BCUT2D eigenvalue weighted by atomic mass is 9.73. The molecule has 3 atom stereocenters. The summed E-state index contributed by atoms with van der Waals surface area (Å²) in [7, 11) is 0. The van der Waals surface area contributed by atoms with Gasteiger partial charge in [0.25, 0.3) is 11.8 Å². The van der Waals surface area contributed by atoms with E-state index >= 15 is 0 Å². The number of nitrogens with zero attached hydrogens (tertiary/aromatic N) is 1. The number of hydrogen-bond donors (Lipinski definition) is 2. The molecular weight excluding hydrogens is 381 g/mol. The summed E-state index contributed by atoms with van der Waals surface area (Å²) < 4.78 is 18.0. The molecule has 29 heavy (non-hydrogen) atoms. The molecule has 0 bridgehead atoms. The third-order valence-corrected chi connectivity index (χ3v) is 5.58. The summed E-state index contributed by atoms with van der Waals surface area (Å²) >= 11 is 0. The molecule has 2 N–H and O–H groups in total. The van der Waals surface area contributed by atoms with Gasteiger partial charge in [0.05, 0.1) is 0 Å². The molecule has 1 aliphatic heterocycles.